The molecule has 0 aliphatic heterocycles. The quantitative estimate of drug-likeness (QED) is 0.640. The predicted molar refractivity (Wildman–Crippen MR) is 113 cm³/mol. The molecule has 2 amide bonds. The van der Waals surface area contributed by atoms with Crippen LogP contribution in [0.25, 0.3) is 0 Å². The van der Waals surface area contributed by atoms with Gasteiger partial charge in [0.25, 0.3) is 0 Å². The molecule has 1 unspecified atom stereocenters. The molecule has 29 heavy (non-hydrogen) atoms. The number of hydrogen-bond donors (Lipinski definition) is 2. The fourth-order valence-corrected chi connectivity index (χ4v) is 2.83. The van der Waals surface area contributed by atoms with E-state index in [-0.39, 0.29) is 11.8 Å². The van der Waals surface area contributed by atoms with Crippen LogP contribution >= 0.6 is 11.6 Å². The van der Waals surface area contributed by atoms with Gasteiger partial charge in [0.05, 0.1) is 5.41 Å². The van der Waals surface area contributed by atoms with Gasteiger partial charge in [-0.15, -0.1) is 0 Å². The first-order valence-corrected chi connectivity index (χ1v) is 9.47. The lowest BCUT2D eigenvalue weighted by Gasteiger charge is -2.24. The standard InChI is InChI=1S/C21H22ClN5O2/c1-14(27-13-23-12-24-27)19(28)25-17-8-10-18(11-9-17)26-20(29)21(2,3)15-4-6-16(22)7-5-15/h4-14H,1-3H3,(H,25,28)(H,26,29). The van der Waals surface area contributed by atoms with Crippen molar-refractivity contribution < 1.29 is 9.59 Å². The second kappa shape index (κ2) is 8.45. The number of nitrogens with one attached hydrogen (secondary N) is 2. The van der Waals surface area contributed by atoms with E-state index in [4.69, 9.17) is 11.6 Å². The molecule has 3 aromatic rings. The Kier molecular flexibility index (Phi) is 5.98. The summed E-state index contributed by atoms with van der Waals surface area (Å²) in [6.45, 7) is 5.44. The molecule has 0 fully saturated rings. The van der Waals surface area contributed by atoms with E-state index in [1.165, 1.54) is 17.3 Å². The predicted octanol–water partition coefficient (Wildman–Crippen LogP) is 4.05. The van der Waals surface area contributed by atoms with Gasteiger partial charge in [-0.1, -0.05) is 23.7 Å². The van der Waals surface area contributed by atoms with Crippen LogP contribution in [0, 0.1) is 0 Å². The zero-order valence-electron chi connectivity index (χ0n) is 16.4. The van der Waals surface area contributed by atoms with Gasteiger partial charge in [-0.3, -0.25) is 9.59 Å². The molecule has 150 valence electrons. The van der Waals surface area contributed by atoms with E-state index < -0.39 is 11.5 Å². The Hall–Kier alpha value is -3.19. The average Bonchev–Trinajstić information content (AvgIpc) is 3.24. The molecule has 0 spiro atoms. The molecule has 1 atom stereocenters. The number of carbonyl (C=O) groups is 2. The van der Waals surface area contributed by atoms with Crippen LogP contribution in [0.4, 0.5) is 11.4 Å². The SMILES string of the molecule is CC(C(=O)Nc1ccc(NC(=O)C(C)(C)c2ccc(Cl)cc2)cc1)n1cncn1. The van der Waals surface area contributed by atoms with E-state index in [2.05, 4.69) is 20.7 Å². The number of benzene rings is 2. The van der Waals surface area contributed by atoms with Crippen molar-refractivity contribution in [1.29, 1.82) is 0 Å². The molecule has 1 heterocycles. The molecule has 2 aromatic carbocycles. The highest BCUT2D eigenvalue weighted by Crippen LogP contribution is 2.27. The first kappa shape index (κ1) is 20.5. The maximum absolute atomic E-state index is 12.8. The third-order valence-corrected chi connectivity index (χ3v) is 5.01. The zero-order valence-corrected chi connectivity index (χ0v) is 17.1. The number of halogens is 1. The van der Waals surface area contributed by atoms with E-state index in [1.807, 2.05) is 26.0 Å². The lowest BCUT2D eigenvalue weighted by Crippen LogP contribution is -2.34. The van der Waals surface area contributed by atoms with Gasteiger partial charge in [0, 0.05) is 16.4 Å². The molecule has 0 saturated heterocycles. The first-order valence-electron chi connectivity index (χ1n) is 9.10. The summed E-state index contributed by atoms with van der Waals surface area (Å²) in [6, 6.07) is 13.7. The van der Waals surface area contributed by atoms with Gasteiger partial charge in [0.1, 0.15) is 18.7 Å². The van der Waals surface area contributed by atoms with Gasteiger partial charge in [-0.25, -0.2) is 9.67 Å². The molecule has 0 saturated carbocycles. The summed E-state index contributed by atoms with van der Waals surface area (Å²) in [6.07, 6.45) is 2.87. The number of amides is 2. The highest BCUT2D eigenvalue weighted by atomic mass is 35.5. The summed E-state index contributed by atoms with van der Waals surface area (Å²) < 4.78 is 1.47. The molecule has 7 nitrogen and oxygen atoms in total. The van der Waals surface area contributed by atoms with Crippen molar-refractivity contribution in [3.63, 3.8) is 0 Å². The normalized spacial score (nSPS) is 12.3. The average molecular weight is 412 g/mol. The van der Waals surface area contributed by atoms with Crippen molar-refractivity contribution in [2.24, 2.45) is 0 Å². The third kappa shape index (κ3) is 4.81. The second-order valence-electron chi connectivity index (χ2n) is 7.20. The van der Waals surface area contributed by atoms with Gasteiger partial charge < -0.3 is 10.6 Å². The van der Waals surface area contributed by atoms with Crippen LogP contribution in [0.15, 0.2) is 61.2 Å². The van der Waals surface area contributed by atoms with Gasteiger partial charge in [-0.2, -0.15) is 5.10 Å². The third-order valence-electron chi connectivity index (χ3n) is 4.76. The molecule has 0 radical (unpaired) electrons. The number of rotatable bonds is 6. The molecular weight excluding hydrogens is 390 g/mol. The van der Waals surface area contributed by atoms with Crippen LogP contribution in [0.1, 0.15) is 32.4 Å². The van der Waals surface area contributed by atoms with Gasteiger partial charge in [0.2, 0.25) is 11.8 Å². The number of carbonyl (C=O) groups excluding carboxylic acids is 2. The molecule has 8 heteroatoms. The summed E-state index contributed by atoms with van der Waals surface area (Å²) in [5, 5.41) is 10.3. The Morgan fingerprint density at radius 3 is 2.14 bits per heavy atom. The Labute approximate surface area is 174 Å². The lowest BCUT2D eigenvalue weighted by atomic mass is 9.83. The van der Waals surface area contributed by atoms with Crippen molar-refractivity contribution in [2.45, 2.75) is 32.2 Å². The Bertz CT molecular complexity index is 983. The number of nitrogens with zero attached hydrogens (tertiary/aromatic N) is 3. The van der Waals surface area contributed by atoms with Crippen molar-refractivity contribution in [3.8, 4) is 0 Å². The maximum atomic E-state index is 12.8. The zero-order chi connectivity index (χ0) is 21.0. The van der Waals surface area contributed by atoms with Crippen LogP contribution in [0.2, 0.25) is 5.02 Å². The van der Waals surface area contributed by atoms with Gasteiger partial charge in [-0.05, 0) is 62.7 Å². The van der Waals surface area contributed by atoms with E-state index in [0.29, 0.717) is 16.4 Å². The smallest absolute Gasteiger partial charge is 0.249 e. The van der Waals surface area contributed by atoms with Crippen LogP contribution in [-0.2, 0) is 15.0 Å². The molecule has 2 N–H and O–H groups in total. The minimum absolute atomic E-state index is 0.142. The highest BCUT2D eigenvalue weighted by molar-refractivity contribution is 6.30. The fourth-order valence-electron chi connectivity index (χ4n) is 2.71. The molecule has 0 bridgehead atoms. The topological polar surface area (TPSA) is 88.9 Å². The Morgan fingerprint density at radius 2 is 1.59 bits per heavy atom. The minimum Gasteiger partial charge on any atom is -0.325 e. The summed E-state index contributed by atoms with van der Waals surface area (Å²) in [5.74, 6) is -0.354. The van der Waals surface area contributed by atoms with Crippen molar-refractivity contribution in [1.82, 2.24) is 14.8 Å². The van der Waals surface area contributed by atoms with E-state index in [0.717, 1.165) is 5.56 Å². The van der Waals surface area contributed by atoms with Crippen LogP contribution in [0.5, 0.6) is 0 Å². The fraction of sp³-hybridized carbons (Fsp3) is 0.238. The largest absolute Gasteiger partial charge is 0.325 e. The lowest BCUT2D eigenvalue weighted by molar-refractivity contribution is -0.120. The van der Waals surface area contributed by atoms with E-state index in [1.54, 1.807) is 43.3 Å². The summed E-state index contributed by atoms with van der Waals surface area (Å²) in [7, 11) is 0. The van der Waals surface area contributed by atoms with Crippen molar-refractivity contribution in [3.05, 3.63) is 71.8 Å². The summed E-state index contributed by atoms with van der Waals surface area (Å²) >= 11 is 5.93. The summed E-state index contributed by atoms with van der Waals surface area (Å²) in [5.41, 5.74) is 1.40. The molecule has 1 aromatic heterocycles. The van der Waals surface area contributed by atoms with Crippen molar-refractivity contribution in [2.75, 3.05) is 10.6 Å². The van der Waals surface area contributed by atoms with Crippen LogP contribution in [-0.4, -0.2) is 26.6 Å². The Balaban J connectivity index is 1.63. The molecular formula is C21H22ClN5O2. The maximum Gasteiger partial charge on any atom is 0.249 e. The highest BCUT2D eigenvalue weighted by Gasteiger charge is 2.29. The van der Waals surface area contributed by atoms with Gasteiger partial charge >= 0.3 is 0 Å². The Morgan fingerprint density at radius 1 is 1.00 bits per heavy atom. The molecule has 3 rings (SSSR count). The number of hydrogen-bond acceptors (Lipinski definition) is 4. The molecule has 0 aliphatic rings. The van der Waals surface area contributed by atoms with Crippen LogP contribution in [0.3, 0.4) is 0 Å². The molecule has 0 aliphatic carbocycles. The van der Waals surface area contributed by atoms with Crippen molar-refractivity contribution >= 4 is 34.8 Å². The first-order chi connectivity index (χ1) is 13.8. The van der Waals surface area contributed by atoms with E-state index >= 15 is 0 Å². The number of aromatic nitrogens is 3. The summed E-state index contributed by atoms with van der Waals surface area (Å²) in [4.78, 5) is 28.9. The number of anilines is 2. The monoisotopic (exact) mass is 411 g/mol. The second-order valence-corrected chi connectivity index (χ2v) is 7.64. The van der Waals surface area contributed by atoms with Gasteiger partial charge in [0.15, 0.2) is 0 Å². The minimum atomic E-state index is -0.731. The van der Waals surface area contributed by atoms with E-state index in [9.17, 15) is 9.59 Å². The van der Waals surface area contributed by atoms with Crippen LogP contribution < -0.4 is 10.6 Å².